The van der Waals surface area contributed by atoms with Gasteiger partial charge in [-0.2, -0.15) is 11.3 Å². The predicted octanol–water partition coefficient (Wildman–Crippen LogP) is 3.69. The van der Waals surface area contributed by atoms with Crippen LogP contribution in [0.25, 0.3) is 11.4 Å². The van der Waals surface area contributed by atoms with E-state index in [9.17, 15) is 4.79 Å². The summed E-state index contributed by atoms with van der Waals surface area (Å²) in [6.07, 6.45) is 0.929. The van der Waals surface area contributed by atoms with E-state index < -0.39 is 0 Å². The molecule has 0 saturated carbocycles. The quantitative estimate of drug-likeness (QED) is 0.654. The molecule has 4 rings (SSSR count). The van der Waals surface area contributed by atoms with E-state index >= 15 is 0 Å². The van der Waals surface area contributed by atoms with Crippen LogP contribution in [0.2, 0.25) is 0 Å². The predicted molar refractivity (Wildman–Crippen MR) is 104 cm³/mol. The molecule has 1 amide bonds. The third kappa shape index (κ3) is 3.47. The normalized spacial score (nSPS) is 12.7. The van der Waals surface area contributed by atoms with Crippen LogP contribution in [0.3, 0.4) is 0 Å². The van der Waals surface area contributed by atoms with Crippen LogP contribution < -0.4 is 10.1 Å². The highest BCUT2D eigenvalue weighted by Gasteiger charge is 2.16. The number of fused-ring (bicyclic) bond motifs is 1. The molecule has 1 N–H and O–H groups in total. The molecule has 8 heteroatoms. The largest absolute Gasteiger partial charge is 0.493 e. The fraction of sp³-hybridized carbons (Fsp3) is 0.278. The number of hydrogen-bond donors (Lipinski definition) is 1. The first kappa shape index (κ1) is 17.1. The summed E-state index contributed by atoms with van der Waals surface area (Å²) >= 11 is 3.02. The number of nitrogens with zero attached hydrogens (tertiary/aromatic N) is 3. The second kappa shape index (κ2) is 7.51. The Balaban J connectivity index is 1.40. The van der Waals surface area contributed by atoms with Crippen molar-refractivity contribution in [1.82, 2.24) is 14.8 Å². The Morgan fingerprint density at radius 2 is 2.31 bits per heavy atom. The minimum atomic E-state index is -0.0734. The van der Waals surface area contributed by atoms with E-state index in [1.165, 1.54) is 17.3 Å². The summed E-state index contributed by atoms with van der Waals surface area (Å²) in [4.78, 5) is 12.3. The van der Waals surface area contributed by atoms with Gasteiger partial charge in [0.05, 0.1) is 12.4 Å². The highest BCUT2D eigenvalue weighted by atomic mass is 32.2. The number of ether oxygens (including phenoxy) is 1. The van der Waals surface area contributed by atoms with Crippen LogP contribution in [0.15, 0.2) is 40.2 Å². The third-order valence-electron chi connectivity index (χ3n) is 4.12. The van der Waals surface area contributed by atoms with E-state index in [0.29, 0.717) is 6.61 Å². The fourth-order valence-corrected chi connectivity index (χ4v) is 4.29. The highest BCUT2D eigenvalue weighted by Crippen LogP contribution is 2.29. The van der Waals surface area contributed by atoms with Gasteiger partial charge in [0.2, 0.25) is 5.91 Å². The molecule has 1 aliphatic heterocycles. The van der Waals surface area contributed by atoms with Crippen LogP contribution in [-0.4, -0.2) is 33.0 Å². The molecular weight excluding hydrogens is 368 g/mol. The van der Waals surface area contributed by atoms with Gasteiger partial charge in [-0.25, -0.2) is 0 Å². The van der Waals surface area contributed by atoms with Crippen molar-refractivity contribution in [3.63, 3.8) is 0 Å². The van der Waals surface area contributed by atoms with Gasteiger partial charge in [-0.1, -0.05) is 17.8 Å². The van der Waals surface area contributed by atoms with Crippen LogP contribution in [0, 0.1) is 0 Å². The third-order valence-corrected chi connectivity index (χ3v) is 5.77. The summed E-state index contributed by atoms with van der Waals surface area (Å²) in [5, 5.41) is 16.3. The lowest BCUT2D eigenvalue weighted by atomic mass is 10.1. The van der Waals surface area contributed by atoms with Crippen LogP contribution in [0.5, 0.6) is 5.75 Å². The van der Waals surface area contributed by atoms with Gasteiger partial charge >= 0.3 is 0 Å². The number of anilines is 1. The summed E-state index contributed by atoms with van der Waals surface area (Å²) in [5.41, 5.74) is 3.00. The monoisotopic (exact) mass is 386 g/mol. The van der Waals surface area contributed by atoms with Gasteiger partial charge < -0.3 is 14.6 Å². The van der Waals surface area contributed by atoms with E-state index in [2.05, 4.69) is 15.5 Å². The molecule has 134 valence electrons. The molecule has 0 saturated heterocycles. The van der Waals surface area contributed by atoms with Crippen LogP contribution in [-0.2, 0) is 17.8 Å². The Labute approximate surface area is 159 Å². The minimum absolute atomic E-state index is 0.0734. The van der Waals surface area contributed by atoms with Gasteiger partial charge in [0.25, 0.3) is 0 Å². The van der Waals surface area contributed by atoms with E-state index in [4.69, 9.17) is 4.74 Å². The van der Waals surface area contributed by atoms with Gasteiger partial charge in [-0.15, -0.1) is 10.2 Å². The molecule has 3 heterocycles. The average Bonchev–Trinajstić information content (AvgIpc) is 3.38. The molecule has 0 bridgehead atoms. The highest BCUT2D eigenvalue weighted by molar-refractivity contribution is 7.99. The van der Waals surface area contributed by atoms with Crippen molar-refractivity contribution in [3.8, 4) is 17.1 Å². The van der Waals surface area contributed by atoms with Gasteiger partial charge in [-0.3, -0.25) is 4.79 Å². The second-order valence-electron chi connectivity index (χ2n) is 5.82. The van der Waals surface area contributed by atoms with Gasteiger partial charge in [0.1, 0.15) is 5.75 Å². The van der Waals surface area contributed by atoms with Crippen molar-refractivity contribution in [2.24, 2.45) is 0 Å². The number of aromatic nitrogens is 3. The Kier molecular flexibility index (Phi) is 4.94. The zero-order valence-corrected chi connectivity index (χ0v) is 15.9. The van der Waals surface area contributed by atoms with E-state index in [1.807, 2.05) is 46.5 Å². The molecule has 0 fully saturated rings. The Morgan fingerprint density at radius 3 is 3.12 bits per heavy atom. The first-order chi connectivity index (χ1) is 12.7. The number of nitrogens with one attached hydrogen (secondary N) is 1. The molecule has 3 aromatic rings. The number of carbonyl (C=O) groups is 1. The van der Waals surface area contributed by atoms with Crippen molar-refractivity contribution in [2.45, 2.75) is 25.0 Å². The molecule has 0 spiro atoms. The maximum atomic E-state index is 12.3. The maximum Gasteiger partial charge on any atom is 0.234 e. The summed E-state index contributed by atoms with van der Waals surface area (Å²) in [7, 11) is 0. The Bertz CT molecular complexity index is 921. The molecule has 0 atom stereocenters. The first-order valence-corrected chi connectivity index (χ1v) is 10.3. The van der Waals surface area contributed by atoms with Crippen LogP contribution in [0.1, 0.15) is 12.5 Å². The topological polar surface area (TPSA) is 69.0 Å². The molecule has 0 radical (unpaired) electrons. The number of thiophene rings is 1. The van der Waals surface area contributed by atoms with E-state index in [1.54, 1.807) is 11.3 Å². The number of amides is 1. The van der Waals surface area contributed by atoms with Crippen molar-refractivity contribution >= 4 is 34.7 Å². The summed E-state index contributed by atoms with van der Waals surface area (Å²) in [6.45, 7) is 3.51. The summed E-state index contributed by atoms with van der Waals surface area (Å²) < 4.78 is 7.57. The lowest BCUT2D eigenvalue weighted by molar-refractivity contribution is -0.113. The van der Waals surface area contributed by atoms with Crippen LogP contribution >= 0.6 is 23.1 Å². The minimum Gasteiger partial charge on any atom is -0.493 e. The van der Waals surface area contributed by atoms with Crippen molar-refractivity contribution in [3.05, 3.63) is 40.6 Å². The molecule has 2 aromatic heterocycles. The van der Waals surface area contributed by atoms with Gasteiger partial charge in [0.15, 0.2) is 11.0 Å². The average molecular weight is 387 g/mol. The van der Waals surface area contributed by atoms with Crippen molar-refractivity contribution < 1.29 is 9.53 Å². The lowest BCUT2D eigenvalue weighted by Crippen LogP contribution is -2.14. The molecule has 6 nitrogen and oxygen atoms in total. The number of carbonyl (C=O) groups excluding carboxylic acids is 1. The smallest absolute Gasteiger partial charge is 0.234 e. The fourth-order valence-electron chi connectivity index (χ4n) is 2.86. The van der Waals surface area contributed by atoms with Crippen molar-refractivity contribution in [2.75, 3.05) is 17.7 Å². The molecule has 0 aliphatic carbocycles. The molecule has 1 aliphatic rings. The SMILES string of the molecule is CCn1c(SCC(=O)Nc2ccc3c(c2)OCC3)nnc1-c1ccsc1. The zero-order valence-electron chi connectivity index (χ0n) is 14.3. The Morgan fingerprint density at radius 1 is 1.38 bits per heavy atom. The van der Waals surface area contributed by atoms with Crippen LogP contribution in [0.4, 0.5) is 5.69 Å². The van der Waals surface area contributed by atoms with E-state index in [0.717, 1.165) is 40.9 Å². The van der Waals surface area contributed by atoms with Crippen molar-refractivity contribution in [1.29, 1.82) is 0 Å². The number of thioether (sulfide) groups is 1. The second-order valence-corrected chi connectivity index (χ2v) is 7.54. The Hall–Kier alpha value is -2.32. The number of rotatable bonds is 6. The first-order valence-electron chi connectivity index (χ1n) is 8.38. The number of benzene rings is 1. The number of hydrogen-bond acceptors (Lipinski definition) is 6. The van der Waals surface area contributed by atoms with E-state index in [-0.39, 0.29) is 11.7 Å². The zero-order chi connectivity index (χ0) is 17.9. The van der Waals surface area contributed by atoms with Gasteiger partial charge in [0, 0.05) is 35.7 Å². The molecular formula is C18H18N4O2S2. The van der Waals surface area contributed by atoms with Gasteiger partial charge in [-0.05, 0) is 30.0 Å². The standard InChI is InChI=1S/C18H18N4O2S2/c1-2-22-17(13-6-8-25-10-13)20-21-18(22)26-11-16(23)19-14-4-3-12-5-7-24-15(12)9-14/h3-4,6,8-10H,2,5,7,11H2,1H3,(H,19,23). The lowest BCUT2D eigenvalue weighted by Gasteiger charge is -2.08. The maximum absolute atomic E-state index is 12.3. The molecule has 0 unspecified atom stereocenters. The molecule has 26 heavy (non-hydrogen) atoms. The summed E-state index contributed by atoms with van der Waals surface area (Å²) in [6, 6.07) is 7.83. The molecule has 1 aromatic carbocycles. The summed E-state index contributed by atoms with van der Waals surface area (Å²) in [5.74, 6) is 1.91.